The highest BCUT2D eigenvalue weighted by Crippen LogP contribution is 2.33. The third-order valence-electron chi connectivity index (χ3n) is 4.75. The van der Waals surface area contributed by atoms with Crippen LogP contribution in [0, 0.1) is 0 Å². The summed E-state index contributed by atoms with van der Waals surface area (Å²) in [5.74, 6) is 0.395. The van der Waals surface area contributed by atoms with Crippen LogP contribution in [0.4, 0.5) is 5.82 Å². The third-order valence-corrected chi connectivity index (χ3v) is 6.10. The minimum Gasteiger partial charge on any atom is -0.262 e. The van der Waals surface area contributed by atoms with Gasteiger partial charge in [-0.25, -0.2) is 9.67 Å². The van der Waals surface area contributed by atoms with E-state index in [1.807, 2.05) is 6.07 Å². The number of aromatic nitrogens is 3. The fourth-order valence-electron chi connectivity index (χ4n) is 3.25. The van der Waals surface area contributed by atoms with E-state index in [-0.39, 0.29) is 11.1 Å². The standard InChI is InChI=1S/C16H20N4O2S/c21-23(22,16-10-11-17-20(16)13-5-3-6-13)19-15-9-8-12-4-1-2-7-14(12)18-15/h8-11,13H,1-7H2,(H,18,19). The Morgan fingerprint density at radius 3 is 2.70 bits per heavy atom. The Bertz CT molecular complexity index is 824. The molecule has 2 aromatic rings. The maximum absolute atomic E-state index is 12.7. The first kappa shape index (κ1) is 14.7. The maximum atomic E-state index is 12.7. The third kappa shape index (κ3) is 2.73. The molecule has 0 radical (unpaired) electrons. The summed E-state index contributed by atoms with van der Waals surface area (Å²) in [7, 11) is -3.66. The average Bonchev–Trinajstić information content (AvgIpc) is 2.95. The van der Waals surface area contributed by atoms with Crippen LogP contribution in [0.25, 0.3) is 0 Å². The molecule has 122 valence electrons. The quantitative estimate of drug-likeness (QED) is 0.934. The molecule has 2 heterocycles. The van der Waals surface area contributed by atoms with Gasteiger partial charge in [0.15, 0.2) is 5.03 Å². The monoisotopic (exact) mass is 332 g/mol. The fourth-order valence-corrected chi connectivity index (χ4v) is 4.43. The van der Waals surface area contributed by atoms with E-state index in [0.29, 0.717) is 5.82 Å². The lowest BCUT2D eigenvalue weighted by atomic mass is 9.93. The van der Waals surface area contributed by atoms with E-state index in [1.165, 1.54) is 12.0 Å². The molecule has 7 heteroatoms. The van der Waals surface area contributed by atoms with Crippen LogP contribution in [0.1, 0.15) is 49.4 Å². The van der Waals surface area contributed by atoms with E-state index < -0.39 is 10.0 Å². The van der Waals surface area contributed by atoms with E-state index in [4.69, 9.17) is 0 Å². The lowest BCUT2D eigenvalue weighted by molar-refractivity contribution is 0.271. The normalized spacial score (nSPS) is 18.3. The van der Waals surface area contributed by atoms with Crippen molar-refractivity contribution >= 4 is 15.8 Å². The van der Waals surface area contributed by atoms with Gasteiger partial charge in [0, 0.05) is 5.69 Å². The molecule has 2 aliphatic rings. The van der Waals surface area contributed by atoms with Crippen molar-refractivity contribution in [3.63, 3.8) is 0 Å². The Balaban J connectivity index is 1.61. The molecule has 0 aromatic carbocycles. The SMILES string of the molecule is O=S(=O)(Nc1ccc2c(n1)CCCC2)c1ccnn1C1CCC1. The van der Waals surface area contributed by atoms with E-state index in [1.54, 1.807) is 23.0 Å². The maximum Gasteiger partial charge on any atom is 0.280 e. The van der Waals surface area contributed by atoms with E-state index >= 15 is 0 Å². The zero-order valence-corrected chi connectivity index (χ0v) is 13.7. The van der Waals surface area contributed by atoms with Crippen LogP contribution in [0.2, 0.25) is 0 Å². The molecule has 4 rings (SSSR count). The van der Waals surface area contributed by atoms with Crippen LogP contribution in [-0.4, -0.2) is 23.2 Å². The van der Waals surface area contributed by atoms with E-state index in [0.717, 1.165) is 44.2 Å². The van der Waals surface area contributed by atoms with Gasteiger partial charge in [0.1, 0.15) is 5.82 Å². The van der Waals surface area contributed by atoms with Crippen LogP contribution in [0.3, 0.4) is 0 Å². The summed E-state index contributed by atoms with van der Waals surface area (Å²) in [5, 5.41) is 4.42. The van der Waals surface area contributed by atoms with Gasteiger partial charge in [0.25, 0.3) is 10.0 Å². The largest absolute Gasteiger partial charge is 0.280 e. The van der Waals surface area contributed by atoms with Crippen molar-refractivity contribution in [3.8, 4) is 0 Å². The number of anilines is 1. The molecule has 1 fully saturated rings. The number of sulfonamides is 1. The second-order valence-corrected chi connectivity index (χ2v) is 7.94. The molecule has 1 saturated carbocycles. The zero-order chi connectivity index (χ0) is 15.9. The Morgan fingerprint density at radius 1 is 1.09 bits per heavy atom. The first-order chi connectivity index (χ1) is 11.1. The van der Waals surface area contributed by atoms with E-state index in [2.05, 4.69) is 14.8 Å². The number of nitrogens with zero attached hydrogens (tertiary/aromatic N) is 3. The Morgan fingerprint density at radius 2 is 1.91 bits per heavy atom. The van der Waals surface area contributed by atoms with Crippen LogP contribution in [0.5, 0.6) is 0 Å². The second-order valence-electron chi connectivity index (χ2n) is 6.31. The predicted octanol–water partition coefficient (Wildman–Crippen LogP) is 2.68. The molecule has 2 aliphatic carbocycles. The summed E-state index contributed by atoms with van der Waals surface area (Å²) in [6.07, 6.45) is 8.90. The van der Waals surface area contributed by atoms with Crippen molar-refractivity contribution in [2.75, 3.05) is 4.72 Å². The summed E-state index contributed by atoms with van der Waals surface area (Å²) in [5.41, 5.74) is 2.25. The molecule has 0 spiro atoms. The highest BCUT2D eigenvalue weighted by Gasteiger charge is 2.28. The molecule has 6 nitrogen and oxygen atoms in total. The van der Waals surface area contributed by atoms with Crippen molar-refractivity contribution < 1.29 is 8.42 Å². The molecule has 1 N–H and O–H groups in total. The minimum atomic E-state index is -3.66. The molecule has 2 aromatic heterocycles. The molecule has 0 atom stereocenters. The number of hydrogen-bond donors (Lipinski definition) is 1. The van der Waals surface area contributed by atoms with Crippen molar-refractivity contribution in [3.05, 3.63) is 35.7 Å². The van der Waals surface area contributed by atoms with Crippen LogP contribution in [-0.2, 0) is 22.9 Å². The predicted molar refractivity (Wildman–Crippen MR) is 86.8 cm³/mol. The first-order valence-electron chi connectivity index (χ1n) is 8.19. The van der Waals surface area contributed by atoms with Crippen molar-refractivity contribution in [2.24, 2.45) is 0 Å². The van der Waals surface area contributed by atoms with Crippen molar-refractivity contribution in [2.45, 2.75) is 56.0 Å². The Labute approximate surface area is 136 Å². The summed E-state index contributed by atoms with van der Waals surface area (Å²) >= 11 is 0. The molecule has 0 bridgehead atoms. The van der Waals surface area contributed by atoms with Gasteiger partial charge in [0.2, 0.25) is 0 Å². The second kappa shape index (κ2) is 5.63. The van der Waals surface area contributed by atoms with Crippen LogP contribution in [0.15, 0.2) is 29.4 Å². The molecule has 0 unspecified atom stereocenters. The average molecular weight is 332 g/mol. The number of rotatable bonds is 4. The van der Waals surface area contributed by atoms with Gasteiger partial charge in [-0.3, -0.25) is 4.72 Å². The molecular formula is C16H20N4O2S. The van der Waals surface area contributed by atoms with Crippen molar-refractivity contribution in [1.82, 2.24) is 14.8 Å². The number of aryl methyl sites for hydroxylation is 2. The van der Waals surface area contributed by atoms with Crippen LogP contribution < -0.4 is 4.72 Å². The number of nitrogens with one attached hydrogen (secondary N) is 1. The molecule has 0 amide bonds. The topological polar surface area (TPSA) is 76.9 Å². The summed E-state index contributed by atoms with van der Waals surface area (Å²) in [6.45, 7) is 0. The minimum absolute atomic E-state index is 0.202. The summed E-state index contributed by atoms with van der Waals surface area (Å²) in [4.78, 5) is 4.50. The van der Waals surface area contributed by atoms with Gasteiger partial charge in [0.05, 0.1) is 12.2 Å². The lowest BCUT2D eigenvalue weighted by Crippen LogP contribution is -2.25. The molecule has 23 heavy (non-hydrogen) atoms. The fraction of sp³-hybridized carbons (Fsp3) is 0.500. The highest BCUT2D eigenvalue weighted by atomic mass is 32.2. The first-order valence-corrected chi connectivity index (χ1v) is 9.67. The number of fused-ring (bicyclic) bond motifs is 1. The lowest BCUT2D eigenvalue weighted by Gasteiger charge is -2.27. The van der Waals surface area contributed by atoms with Gasteiger partial charge in [-0.2, -0.15) is 13.5 Å². The van der Waals surface area contributed by atoms with Gasteiger partial charge >= 0.3 is 0 Å². The summed E-state index contributed by atoms with van der Waals surface area (Å²) < 4.78 is 29.6. The number of pyridine rings is 1. The summed E-state index contributed by atoms with van der Waals surface area (Å²) in [6, 6.07) is 5.50. The van der Waals surface area contributed by atoms with E-state index in [9.17, 15) is 8.42 Å². The zero-order valence-electron chi connectivity index (χ0n) is 12.9. The molecule has 0 aliphatic heterocycles. The van der Waals surface area contributed by atoms with Gasteiger partial charge in [-0.05, 0) is 62.6 Å². The van der Waals surface area contributed by atoms with Crippen LogP contribution >= 0.6 is 0 Å². The Hall–Kier alpha value is -1.89. The highest BCUT2D eigenvalue weighted by molar-refractivity contribution is 7.92. The van der Waals surface area contributed by atoms with Gasteiger partial charge in [-0.15, -0.1) is 0 Å². The van der Waals surface area contributed by atoms with Crippen molar-refractivity contribution in [1.29, 1.82) is 0 Å². The molecule has 0 saturated heterocycles. The smallest absolute Gasteiger partial charge is 0.262 e. The molecular weight excluding hydrogens is 312 g/mol. The number of hydrogen-bond acceptors (Lipinski definition) is 4. The Kier molecular flexibility index (Phi) is 3.60. The van der Waals surface area contributed by atoms with Gasteiger partial charge < -0.3 is 0 Å². The van der Waals surface area contributed by atoms with Gasteiger partial charge in [-0.1, -0.05) is 6.07 Å².